The van der Waals surface area contributed by atoms with Crippen LogP contribution < -0.4 is 9.47 Å². The number of rotatable bonds is 2. The van der Waals surface area contributed by atoms with Crippen LogP contribution in [-0.4, -0.2) is 30.0 Å². The van der Waals surface area contributed by atoms with Gasteiger partial charge >= 0.3 is 5.97 Å². The van der Waals surface area contributed by atoms with Crippen LogP contribution in [0.4, 0.5) is 0 Å². The second kappa shape index (κ2) is 5.85. The van der Waals surface area contributed by atoms with Crippen molar-refractivity contribution in [2.24, 2.45) is 0 Å². The van der Waals surface area contributed by atoms with E-state index in [1.807, 2.05) is 0 Å². The number of Topliss-reactive ketones (excluding diaryl/α,β-unsaturated/α-hetero) is 1. The first-order valence-electron chi connectivity index (χ1n) is 6.65. The zero-order chi connectivity index (χ0) is 15.5. The average molecular weight is 299 g/mol. The summed E-state index contributed by atoms with van der Waals surface area (Å²) in [6, 6.07) is 11.9. The number of hydrogen-bond acceptors (Lipinski definition) is 6. The van der Waals surface area contributed by atoms with Crippen LogP contribution >= 0.6 is 0 Å². The number of ketones is 1. The Kier molecular flexibility index (Phi) is 3.74. The van der Waals surface area contributed by atoms with Gasteiger partial charge in [-0.15, -0.1) is 0 Å². The minimum absolute atomic E-state index is 0.310. The number of hydrogen-bond donors (Lipinski definition) is 0. The highest BCUT2D eigenvalue weighted by Gasteiger charge is 2.41. The van der Waals surface area contributed by atoms with E-state index in [1.165, 1.54) is 7.11 Å². The Hall–Kier alpha value is -2.89. The lowest BCUT2D eigenvalue weighted by Crippen LogP contribution is -2.39. The molecule has 0 saturated heterocycles. The fourth-order valence-corrected chi connectivity index (χ4v) is 2.16. The molecule has 1 aliphatic heterocycles. The standard InChI is InChI=1S/C16H13NO5/c1-20-16(19)15-13(18)14(10-6-4-5-9-17-10)21-11-7-2-3-8-12(11)22-15/h2-9,14-15H,1H3. The van der Waals surface area contributed by atoms with Crippen LogP contribution in [0.1, 0.15) is 11.8 Å². The van der Waals surface area contributed by atoms with E-state index in [4.69, 9.17) is 9.47 Å². The van der Waals surface area contributed by atoms with Gasteiger partial charge in [0.1, 0.15) is 0 Å². The van der Waals surface area contributed by atoms with Gasteiger partial charge in [-0.1, -0.05) is 18.2 Å². The molecule has 3 rings (SSSR count). The van der Waals surface area contributed by atoms with Crippen molar-refractivity contribution in [1.82, 2.24) is 4.98 Å². The number of carbonyl (C=O) groups excluding carboxylic acids is 2. The molecule has 2 atom stereocenters. The minimum atomic E-state index is -1.39. The highest BCUT2D eigenvalue weighted by molar-refractivity contribution is 6.05. The summed E-state index contributed by atoms with van der Waals surface area (Å²) in [5.41, 5.74) is 0.404. The molecule has 6 heteroatoms. The van der Waals surface area contributed by atoms with Crippen LogP contribution in [0.3, 0.4) is 0 Å². The van der Waals surface area contributed by atoms with Gasteiger partial charge in [-0.25, -0.2) is 4.79 Å². The number of carbonyl (C=O) groups is 2. The molecule has 22 heavy (non-hydrogen) atoms. The normalized spacial score (nSPS) is 20.1. The minimum Gasteiger partial charge on any atom is -0.472 e. The highest BCUT2D eigenvalue weighted by Crippen LogP contribution is 2.35. The third kappa shape index (κ3) is 2.50. The number of para-hydroxylation sites is 2. The van der Waals surface area contributed by atoms with Crippen LogP contribution in [0.2, 0.25) is 0 Å². The number of ether oxygens (including phenoxy) is 3. The lowest BCUT2D eigenvalue weighted by molar-refractivity contribution is -0.154. The quantitative estimate of drug-likeness (QED) is 0.620. The number of fused-ring (bicyclic) bond motifs is 1. The molecule has 2 unspecified atom stereocenters. The summed E-state index contributed by atoms with van der Waals surface area (Å²) in [5, 5.41) is 0. The SMILES string of the molecule is COC(=O)C1Oc2ccccc2OC(c2ccccn2)C1=O. The van der Waals surface area contributed by atoms with Crippen molar-refractivity contribution in [2.45, 2.75) is 12.2 Å². The summed E-state index contributed by atoms with van der Waals surface area (Å²) in [4.78, 5) is 28.6. The second-order valence-electron chi connectivity index (χ2n) is 4.62. The zero-order valence-corrected chi connectivity index (χ0v) is 11.8. The molecule has 0 bridgehead atoms. The molecule has 0 aliphatic carbocycles. The van der Waals surface area contributed by atoms with E-state index < -0.39 is 24.0 Å². The molecule has 0 saturated carbocycles. The van der Waals surface area contributed by atoms with Gasteiger partial charge in [-0.3, -0.25) is 9.78 Å². The first-order chi connectivity index (χ1) is 10.7. The van der Waals surface area contributed by atoms with Gasteiger partial charge in [0.15, 0.2) is 11.5 Å². The molecule has 2 heterocycles. The predicted molar refractivity (Wildman–Crippen MR) is 75.5 cm³/mol. The summed E-state index contributed by atoms with van der Waals surface area (Å²) in [7, 11) is 1.20. The third-order valence-corrected chi connectivity index (χ3v) is 3.23. The van der Waals surface area contributed by atoms with Crippen molar-refractivity contribution in [2.75, 3.05) is 7.11 Å². The van der Waals surface area contributed by atoms with E-state index in [0.717, 1.165) is 0 Å². The topological polar surface area (TPSA) is 74.7 Å². The van der Waals surface area contributed by atoms with Crippen molar-refractivity contribution in [1.29, 1.82) is 0 Å². The van der Waals surface area contributed by atoms with Crippen molar-refractivity contribution in [3.8, 4) is 11.5 Å². The molecule has 1 aromatic heterocycles. The van der Waals surface area contributed by atoms with Crippen LogP contribution in [-0.2, 0) is 14.3 Å². The van der Waals surface area contributed by atoms with Crippen molar-refractivity contribution < 1.29 is 23.8 Å². The molecule has 112 valence electrons. The van der Waals surface area contributed by atoms with Crippen molar-refractivity contribution in [3.63, 3.8) is 0 Å². The summed E-state index contributed by atoms with van der Waals surface area (Å²) in [5.74, 6) is -0.643. The Morgan fingerprint density at radius 2 is 1.77 bits per heavy atom. The summed E-state index contributed by atoms with van der Waals surface area (Å²) >= 11 is 0. The van der Waals surface area contributed by atoms with Gasteiger partial charge in [0.05, 0.1) is 12.8 Å². The number of aromatic nitrogens is 1. The molecular weight excluding hydrogens is 286 g/mol. The fourth-order valence-electron chi connectivity index (χ4n) is 2.16. The van der Waals surface area contributed by atoms with E-state index in [9.17, 15) is 9.59 Å². The number of esters is 1. The maximum atomic E-state index is 12.6. The maximum absolute atomic E-state index is 12.6. The van der Waals surface area contributed by atoms with Crippen LogP contribution in [0.15, 0.2) is 48.7 Å². The summed E-state index contributed by atoms with van der Waals surface area (Å²) < 4.78 is 15.9. The van der Waals surface area contributed by atoms with Crippen LogP contribution in [0.25, 0.3) is 0 Å². The van der Waals surface area contributed by atoms with Gasteiger partial charge in [-0.2, -0.15) is 0 Å². The molecule has 0 spiro atoms. The van der Waals surface area contributed by atoms with Crippen LogP contribution in [0, 0.1) is 0 Å². The molecule has 6 nitrogen and oxygen atoms in total. The zero-order valence-electron chi connectivity index (χ0n) is 11.8. The lowest BCUT2D eigenvalue weighted by Gasteiger charge is -2.16. The van der Waals surface area contributed by atoms with Gasteiger partial charge < -0.3 is 14.2 Å². The second-order valence-corrected chi connectivity index (χ2v) is 4.62. The van der Waals surface area contributed by atoms with E-state index in [2.05, 4.69) is 9.72 Å². The van der Waals surface area contributed by atoms with Crippen LogP contribution in [0.5, 0.6) is 11.5 Å². The predicted octanol–water partition coefficient (Wildman–Crippen LogP) is 1.70. The Labute approximate surface area is 126 Å². The first kappa shape index (κ1) is 14.1. The Morgan fingerprint density at radius 1 is 1.09 bits per heavy atom. The monoisotopic (exact) mass is 299 g/mol. The Morgan fingerprint density at radius 3 is 2.41 bits per heavy atom. The third-order valence-electron chi connectivity index (χ3n) is 3.23. The molecular formula is C16H13NO5. The first-order valence-corrected chi connectivity index (χ1v) is 6.65. The lowest BCUT2D eigenvalue weighted by atomic mass is 10.1. The molecule has 1 aliphatic rings. The highest BCUT2D eigenvalue weighted by atomic mass is 16.6. The molecule has 0 radical (unpaired) electrons. The number of methoxy groups -OCH3 is 1. The largest absolute Gasteiger partial charge is 0.472 e. The molecule has 0 fully saturated rings. The Bertz CT molecular complexity index is 701. The molecule has 2 aromatic rings. The van der Waals surface area contributed by atoms with Gasteiger partial charge in [-0.05, 0) is 24.3 Å². The van der Waals surface area contributed by atoms with Gasteiger partial charge in [0.2, 0.25) is 11.9 Å². The summed E-state index contributed by atoms with van der Waals surface area (Å²) in [6.45, 7) is 0. The number of benzene rings is 1. The van der Waals surface area contributed by atoms with Gasteiger partial charge in [0.25, 0.3) is 6.10 Å². The molecule has 0 amide bonds. The number of nitrogens with zero attached hydrogens (tertiary/aromatic N) is 1. The molecule has 1 aromatic carbocycles. The maximum Gasteiger partial charge on any atom is 0.355 e. The Balaban J connectivity index is 2.06. The molecule has 0 N–H and O–H groups in total. The van der Waals surface area contributed by atoms with E-state index in [-0.39, 0.29) is 0 Å². The van der Waals surface area contributed by atoms with Crippen molar-refractivity contribution in [3.05, 3.63) is 54.4 Å². The van der Waals surface area contributed by atoms with Gasteiger partial charge in [0, 0.05) is 6.20 Å². The average Bonchev–Trinajstić information content (AvgIpc) is 2.72. The fraction of sp³-hybridized carbons (Fsp3) is 0.188. The summed E-state index contributed by atoms with van der Waals surface area (Å²) in [6.07, 6.45) is -0.869. The van der Waals surface area contributed by atoms with E-state index >= 15 is 0 Å². The number of pyridine rings is 1. The van der Waals surface area contributed by atoms with Crippen molar-refractivity contribution >= 4 is 11.8 Å². The van der Waals surface area contributed by atoms with E-state index in [1.54, 1.807) is 48.7 Å². The smallest absolute Gasteiger partial charge is 0.355 e. The van der Waals surface area contributed by atoms with E-state index in [0.29, 0.717) is 17.2 Å².